The van der Waals surface area contributed by atoms with Crippen LogP contribution in [0.4, 0.5) is 16.2 Å². The van der Waals surface area contributed by atoms with Gasteiger partial charge in [0.15, 0.2) is 0 Å². The number of nitrogens with zero attached hydrogens (tertiary/aromatic N) is 2. The first-order valence-electron chi connectivity index (χ1n) is 6.76. The minimum atomic E-state index is -0.782. The molecular weight excluding hydrogens is 332 g/mol. The third kappa shape index (κ3) is 2.86. The SMILES string of the molecule is O=C1S/C(=C/c2ccc([O-])c([N+](=O)[O-])c2)C(=O)N1c1ccccc1. The van der Waals surface area contributed by atoms with Crippen LogP contribution < -0.4 is 10.0 Å². The van der Waals surface area contributed by atoms with Crippen molar-refractivity contribution in [3.63, 3.8) is 0 Å². The van der Waals surface area contributed by atoms with Gasteiger partial charge >= 0.3 is 0 Å². The summed E-state index contributed by atoms with van der Waals surface area (Å²) in [5, 5.41) is 21.8. The van der Waals surface area contributed by atoms with E-state index in [9.17, 15) is 24.8 Å². The maximum atomic E-state index is 12.4. The van der Waals surface area contributed by atoms with E-state index in [1.807, 2.05) is 0 Å². The summed E-state index contributed by atoms with van der Waals surface area (Å²) in [7, 11) is 0. The van der Waals surface area contributed by atoms with Gasteiger partial charge in [-0.2, -0.15) is 0 Å². The Labute approximate surface area is 140 Å². The van der Waals surface area contributed by atoms with E-state index in [1.54, 1.807) is 30.3 Å². The lowest BCUT2D eigenvalue weighted by Gasteiger charge is -2.11. The second kappa shape index (κ2) is 6.17. The summed E-state index contributed by atoms with van der Waals surface area (Å²) in [6.45, 7) is 0. The van der Waals surface area contributed by atoms with E-state index in [4.69, 9.17) is 0 Å². The van der Waals surface area contributed by atoms with Gasteiger partial charge in [0.1, 0.15) is 0 Å². The number of rotatable bonds is 3. The Balaban J connectivity index is 1.95. The number of hydrogen-bond acceptors (Lipinski definition) is 6. The first kappa shape index (κ1) is 15.8. The van der Waals surface area contributed by atoms with Gasteiger partial charge in [-0.3, -0.25) is 19.7 Å². The van der Waals surface area contributed by atoms with E-state index in [-0.39, 0.29) is 4.91 Å². The van der Waals surface area contributed by atoms with E-state index in [1.165, 1.54) is 12.1 Å². The molecule has 7 nitrogen and oxygen atoms in total. The van der Waals surface area contributed by atoms with Gasteiger partial charge in [0.2, 0.25) is 0 Å². The van der Waals surface area contributed by atoms with Crippen LogP contribution in [0.25, 0.3) is 6.08 Å². The number of carbonyl (C=O) groups is 2. The molecular formula is C16H9N2O5S-. The van der Waals surface area contributed by atoms with Gasteiger partial charge in [-0.05, 0) is 41.3 Å². The zero-order chi connectivity index (χ0) is 17.3. The molecule has 1 fully saturated rings. The maximum absolute atomic E-state index is 12.4. The third-order valence-electron chi connectivity index (χ3n) is 3.29. The second-order valence-electron chi connectivity index (χ2n) is 4.84. The molecule has 0 saturated carbocycles. The Bertz CT molecular complexity index is 879. The van der Waals surface area contributed by atoms with Gasteiger partial charge < -0.3 is 5.11 Å². The van der Waals surface area contributed by atoms with Crippen molar-refractivity contribution in [2.75, 3.05) is 4.90 Å². The zero-order valence-corrected chi connectivity index (χ0v) is 12.9. The zero-order valence-electron chi connectivity index (χ0n) is 12.0. The molecule has 120 valence electrons. The molecule has 0 spiro atoms. The lowest BCUT2D eigenvalue weighted by atomic mass is 10.1. The topological polar surface area (TPSA) is 104 Å². The number of nitro benzene ring substituents is 1. The van der Waals surface area contributed by atoms with Crippen molar-refractivity contribution < 1.29 is 19.6 Å². The molecule has 3 rings (SSSR count). The molecule has 2 amide bonds. The van der Waals surface area contributed by atoms with E-state index in [0.717, 1.165) is 28.8 Å². The Hall–Kier alpha value is -3.13. The van der Waals surface area contributed by atoms with Crippen LogP contribution in [0.2, 0.25) is 0 Å². The molecule has 2 aromatic rings. The Morgan fingerprint density at radius 1 is 1.08 bits per heavy atom. The van der Waals surface area contributed by atoms with Crippen LogP contribution in [-0.2, 0) is 4.79 Å². The molecule has 24 heavy (non-hydrogen) atoms. The van der Waals surface area contributed by atoms with Crippen LogP contribution in [0.3, 0.4) is 0 Å². The van der Waals surface area contributed by atoms with E-state index in [0.29, 0.717) is 11.3 Å². The lowest BCUT2D eigenvalue weighted by Crippen LogP contribution is -2.27. The van der Waals surface area contributed by atoms with Crippen LogP contribution in [0, 0.1) is 10.1 Å². The van der Waals surface area contributed by atoms with Gasteiger partial charge in [0.25, 0.3) is 16.8 Å². The van der Waals surface area contributed by atoms with Crippen molar-refractivity contribution in [1.82, 2.24) is 0 Å². The minimum Gasteiger partial charge on any atom is -0.868 e. The monoisotopic (exact) mass is 341 g/mol. The second-order valence-corrected chi connectivity index (χ2v) is 5.83. The van der Waals surface area contributed by atoms with Gasteiger partial charge in [-0.1, -0.05) is 30.3 Å². The fraction of sp³-hybridized carbons (Fsp3) is 0. The molecule has 1 aliphatic heterocycles. The van der Waals surface area contributed by atoms with Gasteiger partial charge in [0, 0.05) is 6.07 Å². The number of amides is 2. The van der Waals surface area contributed by atoms with Gasteiger partial charge in [-0.25, -0.2) is 4.90 Å². The maximum Gasteiger partial charge on any atom is 0.298 e. The summed E-state index contributed by atoms with van der Waals surface area (Å²) in [5.41, 5.74) is 0.176. The molecule has 0 aliphatic carbocycles. The Morgan fingerprint density at radius 2 is 1.79 bits per heavy atom. The highest BCUT2D eigenvalue weighted by Crippen LogP contribution is 2.36. The van der Waals surface area contributed by atoms with Crippen LogP contribution in [-0.4, -0.2) is 16.1 Å². The molecule has 0 N–H and O–H groups in total. The molecule has 8 heteroatoms. The average Bonchev–Trinajstić information content (AvgIpc) is 2.83. The van der Waals surface area contributed by atoms with E-state index >= 15 is 0 Å². The summed E-state index contributed by atoms with van der Waals surface area (Å²) < 4.78 is 0. The molecule has 1 heterocycles. The van der Waals surface area contributed by atoms with Crippen molar-refractivity contribution in [2.24, 2.45) is 0 Å². The largest absolute Gasteiger partial charge is 0.868 e. The highest BCUT2D eigenvalue weighted by atomic mass is 32.2. The van der Waals surface area contributed by atoms with Crippen LogP contribution in [0.5, 0.6) is 5.75 Å². The van der Waals surface area contributed by atoms with Crippen molar-refractivity contribution >= 4 is 40.4 Å². The van der Waals surface area contributed by atoms with Gasteiger partial charge in [-0.15, -0.1) is 0 Å². The van der Waals surface area contributed by atoms with Crippen LogP contribution >= 0.6 is 11.8 Å². The number of imide groups is 1. The minimum absolute atomic E-state index is 0.136. The van der Waals surface area contributed by atoms with Crippen LogP contribution in [0.15, 0.2) is 53.4 Å². The first-order valence-corrected chi connectivity index (χ1v) is 7.57. The predicted octanol–water partition coefficient (Wildman–Crippen LogP) is 2.91. The quantitative estimate of drug-likeness (QED) is 0.483. The number of hydrogen-bond donors (Lipinski definition) is 0. The molecule has 2 aromatic carbocycles. The standard InChI is InChI=1S/C16H10N2O5S/c19-13-7-6-10(8-12(13)18(22)23)9-14-15(20)17(16(21)24-14)11-4-2-1-3-5-11/h1-9,19H/p-1/b14-9+. The van der Waals surface area contributed by atoms with Crippen molar-refractivity contribution in [2.45, 2.75) is 0 Å². The normalized spacial score (nSPS) is 16.0. The van der Waals surface area contributed by atoms with Crippen molar-refractivity contribution in [3.8, 4) is 5.75 Å². The fourth-order valence-corrected chi connectivity index (χ4v) is 3.03. The van der Waals surface area contributed by atoms with Crippen LogP contribution in [0.1, 0.15) is 5.56 Å². The molecule has 0 aromatic heterocycles. The molecule has 0 atom stereocenters. The summed E-state index contributed by atoms with van der Waals surface area (Å²) in [4.78, 5) is 35.7. The van der Waals surface area contributed by atoms with Crippen molar-refractivity contribution in [1.29, 1.82) is 0 Å². The van der Waals surface area contributed by atoms with E-state index < -0.39 is 27.5 Å². The number of anilines is 1. The Kier molecular flexibility index (Phi) is 4.05. The number of para-hydroxylation sites is 1. The molecule has 1 aliphatic rings. The molecule has 0 bridgehead atoms. The number of nitro groups is 1. The highest BCUT2D eigenvalue weighted by Gasteiger charge is 2.36. The number of thioether (sulfide) groups is 1. The summed E-state index contributed by atoms with van der Waals surface area (Å²) >= 11 is 0.740. The summed E-state index contributed by atoms with van der Waals surface area (Å²) in [5.74, 6) is -1.22. The number of benzene rings is 2. The highest BCUT2D eigenvalue weighted by molar-refractivity contribution is 8.19. The number of carbonyl (C=O) groups excluding carboxylic acids is 2. The predicted molar refractivity (Wildman–Crippen MR) is 87.4 cm³/mol. The molecule has 0 radical (unpaired) electrons. The summed E-state index contributed by atoms with van der Waals surface area (Å²) in [6, 6.07) is 12.0. The third-order valence-corrected chi connectivity index (χ3v) is 4.16. The Morgan fingerprint density at radius 3 is 2.46 bits per heavy atom. The summed E-state index contributed by atoms with van der Waals surface area (Å²) in [6.07, 6.45) is 1.36. The van der Waals surface area contributed by atoms with Gasteiger partial charge in [0.05, 0.1) is 15.5 Å². The van der Waals surface area contributed by atoms with E-state index in [2.05, 4.69) is 0 Å². The molecule has 0 unspecified atom stereocenters. The molecule has 1 saturated heterocycles. The lowest BCUT2D eigenvalue weighted by molar-refractivity contribution is -0.398. The smallest absolute Gasteiger partial charge is 0.298 e. The first-order chi connectivity index (χ1) is 11.5. The average molecular weight is 341 g/mol. The fourth-order valence-electron chi connectivity index (χ4n) is 2.19. The van der Waals surface area contributed by atoms with Crippen molar-refractivity contribution in [3.05, 3.63) is 69.1 Å².